The zero-order valence-electron chi connectivity index (χ0n) is 8.18. The van der Waals surface area contributed by atoms with Crippen LogP contribution in [0.1, 0.15) is 32.6 Å². The van der Waals surface area contributed by atoms with E-state index in [0.717, 1.165) is 25.2 Å². The number of nitrogens with one attached hydrogen (secondary N) is 1. The van der Waals surface area contributed by atoms with Crippen molar-refractivity contribution in [3.05, 3.63) is 12.7 Å². The molecule has 0 aliphatic heterocycles. The highest BCUT2D eigenvalue weighted by Crippen LogP contribution is 2.12. The summed E-state index contributed by atoms with van der Waals surface area (Å²) in [6.45, 7) is 8.25. The predicted molar refractivity (Wildman–Crippen MR) is 60.7 cm³/mol. The standard InChI is InChI=1S/C10H22NP/c1-3-6-10(12)7-5-9-11-8-4-2/h3,10-11H,1,4-9,12H2,2H3. The second-order valence-corrected chi connectivity index (χ2v) is 4.12. The van der Waals surface area contributed by atoms with Gasteiger partial charge in [0.05, 0.1) is 0 Å². The van der Waals surface area contributed by atoms with Gasteiger partial charge in [-0.2, -0.15) is 0 Å². The lowest BCUT2D eigenvalue weighted by molar-refractivity contribution is 0.607. The molecule has 1 N–H and O–H groups in total. The minimum atomic E-state index is 0.728. The SMILES string of the molecule is C=CCC(P)CCCNCCC. The van der Waals surface area contributed by atoms with Crippen molar-refractivity contribution in [2.24, 2.45) is 0 Å². The first-order valence-electron chi connectivity index (χ1n) is 4.88. The summed E-state index contributed by atoms with van der Waals surface area (Å²) in [5.41, 5.74) is 0.728. The van der Waals surface area contributed by atoms with Crippen LogP contribution in [-0.2, 0) is 0 Å². The van der Waals surface area contributed by atoms with Gasteiger partial charge in [-0.25, -0.2) is 0 Å². The Morgan fingerprint density at radius 2 is 2.25 bits per heavy atom. The summed E-state index contributed by atoms with van der Waals surface area (Å²) in [5.74, 6) is 0. The normalized spacial score (nSPS) is 12.8. The van der Waals surface area contributed by atoms with Crippen molar-refractivity contribution < 1.29 is 0 Å². The Morgan fingerprint density at radius 3 is 2.83 bits per heavy atom. The zero-order chi connectivity index (χ0) is 9.23. The highest BCUT2D eigenvalue weighted by atomic mass is 31.0. The van der Waals surface area contributed by atoms with Crippen LogP contribution in [0, 0.1) is 0 Å². The molecule has 2 atom stereocenters. The third-order valence-corrected chi connectivity index (χ3v) is 2.43. The summed E-state index contributed by atoms with van der Waals surface area (Å²) in [6, 6.07) is 0. The van der Waals surface area contributed by atoms with Crippen LogP contribution >= 0.6 is 9.24 Å². The highest BCUT2D eigenvalue weighted by Gasteiger charge is 1.97. The summed E-state index contributed by atoms with van der Waals surface area (Å²) in [6.07, 6.45) is 6.92. The fourth-order valence-electron chi connectivity index (χ4n) is 1.12. The van der Waals surface area contributed by atoms with Crippen molar-refractivity contribution in [2.45, 2.75) is 38.3 Å². The van der Waals surface area contributed by atoms with Crippen molar-refractivity contribution in [1.29, 1.82) is 0 Å². The summed E-state index contributed by atoms with van der Waals surface area (Å²) >= 11 is 0. The summed E-state index contributed by atoms with van der Waals surface area (Å²) < 4.78 is 0. The van der Waals surface area contributed by atoms with E-state index in [4.69, 9.17) is 0 Å². The number of rotatable bonds is 8. The topological polar surface area (TPSA) is 12.0 Å². The van der Waals surface area contributed by atoms with Crippen molar-refractivity contribution in [3.8, 4) is 0 Å². The van der Waals surface area contributed by atoms with E-state index in [1.807, 2.05) is 6.08 Å². The van der Waals surface area contributed by atoms with Gasteiger partial charge in [-0.1, -0.05) is 13.0 Å². The van der Waals surface area contributed by atoms with Gasteiger partial charge in [0, 0.05) is 0 Å². The second kappa shape index (κ2) is 9.22. The van der Waals surface area contributed by atoms with Crippen LogP contribution in [0.25, 0.3) is 0 Å². The van der Waals surface area contributed by atoms with Crippen LogP contribution in [0.2, 0.25) is 0 Å². The van der Waals surface area contributed by atoms with Crippen LogP contribution in [0.3, 0.4) is 0 Å². The number of hydrogen-bond donors (Lipinski definition) is 1. The van der Waals surface area contributed by atoms with Crippen molar-refractivity contribution in [2.75, 3.05) is 13.1 Å². The Morgan fingerprint density at radius 1 is 1.50 bits per heavy atom. The Hall–Kier alpha value is 0.130. The summed E-state index contributed by atoms with van der Waals surface area (Å²) in [7, 11) is 2.88. The molecule has 0 saturated heterocycles. The van der Waals surface area contributed by atoms with E-state index >= 15 is 0 Å². The van der Waals surface area contributed by atoms with Crippen LogP contribution < -0.4 is 5.32 Å². The zero-order valence-corrected chi connectivity index (χ0v) is 9.34. The largest absolute Gasteiger partial charge is 0.317 e. The van der Waals surface area contributed by atoms with E-state index in [2.05, 4.69) is 28.1 Å². The lowest BCUT2D eigenvalue weighted by atomic mass is 10.2. The molecular weight excluding hydrogens is 165 g/mol. The molecule has 0 aromatic rings. The molecule has 0 aromatic heterocycles. The first-order valence-corrected chi connectivity index (χ1v) is 5.55. The molecule has 0 amide bonds. The van der Waals surface area contributed by atoms with Gasteiger partial charge in [0.2, 0.25) is 0 Å². The molecule has 0 heterocycles. The van der Waals surface area contributed by atoms with E-state index in [1.165, 1.54) is 19.3 Å². The number of hydrogen-bond acceptors (Lipinski definition) is 1. The molecule has 0 spiro atoms. The van der Waals surface area contributed by atoms with Gasteiger partial charge < -0.3 is 5.32 Å². The minimum absolute atomic E-state index is 0.728. The van der Waals surface area contributed by atoms with Crippen molar-refractivity contribution >= 4 is 9.24 Å². The van der Waals surface area contributed by atoms with E-state index in [-0.39, 0.29) is 0 Å². The third kappa shape index (κ3) is 8.23. The quantitative estimate of drug-likeness (QED) is 0.350. The molecular formula is C10H22NP. The molecule has 0 fully saturated rings. The average molecular weight is 187 g/mol. The van der Waals surface area contributed by atoms with Gasteiger partial charge in [0.1, 0.15) is 0 Å². The van der Waals surface area contributed by atoms with E-state index in [0.29, 0.717) is 0 Å². The fraction of sp³-hybridized carbons (Fsp3) is 0.800. The molecule has 72 valence electrons. The van der Waals surface area contributed by atoms with Gasteiger partial charge in [0.25, 0.3) is 0 Å². The minimum Gasteiger partial charge on any atom is -0.317 e. The predicted octanol–water partition coefficient (Wildman–Crippen LogP) is 2.59. The fourth-order valence-corrected chi connectivity index (χ4v) is 1.55. The molecule has 0 bridgehead atoms. The van der Waals surface area contributed by atoms with Gasteiger partial charge >= 0.3 is 0 Å². The van der Waals surface area contributed by atoms with Gasteiger partial charge in [-0.15, -0.1) is 15.8 Å². The first kappa shape index (κ1) is 12.1. The molecule has 0 rings (SSSR count). The second-order valence-electron chi connectivity index (χ2n) is 3.18. The molecule has 0 aliphatic rings. The summed E-state index contributed by atoms with van der Waals surface area (Å²) in [4.78, 5) is 0. The lowest BCUT2D eigenvalue weighted by Gasteiger charge is -2.08. The van der Waals surface area contributed by atoms with Gasteiger partial charge in [-0.3, -0.25) is 0 Å². The molecule has 0 aromatic carbocycles. The Bertz CT molecular complexity index is 104. The first-order chi connectivity index (χ1) is 5.81. The van der Waals surface area contributed by atoms with Crippen LogP contribution in [0.15, 0.2) is 12.7 Å². The monoisotopic (exact) mass is 187 g/mol. The van der Waals surface area contributed by atoms with Crippen molar-refractivity contribution in [1.82, 2.24) is 5.32 Å². The Kier molecular flexibility index (Phi) is 9.32. The maximum absolute atomic E-state index is 3.73. The molecule has 2 heteroatoms. The van der Waals surface area contributed by atoms with Crippen LogP contribution in [0.4, 0.5) is 0 Å². The Balaban J connectivity index is 3.02. The van der Waals surface area contributed by atoms with Crippen LogP contribution in [-0.4, -0.2) is 18.7 Å². The maximum atomic E-state index is 3.73. The van der Waals surface area contributed by atoms with Gasteiger partial charge in [0.15, 0.2) is 0 Å². The Labute approximate surface area is 79.2 Å². The van der Waals surface area contributed by atoms with E-state index in [1.54, 1.807) is 0 Å². The lowest BCUT2D eigenvalue weighted by Crippen LogP contribution is -2.16. The van der Waals surface area contributed by atoms with E-state index in [9.17, 15) is 0 Å². The number of allylic oxidation sites excluding steroid dienone is 1. The molecule has 12 heavy (non-hydrogen) atoms. The van der Waals surface area contributed by atoms with E-state index < -0.39 is 0 Å². The molecule has 0 aliphatic carbocycles. The van der Waals surface area contributed by atoms with Crippen molar-refractivity contribution in [3.63, 3.8) is 0 Å². The highest BCUT2D eigenvalue weighted by molar-refractivity contribution is 7.17. The molecule has 0 saturated carbocycles. The smallest absolute Gasteiger partial charge is 0.00487 e. The van der Waals surface area contributed by atoms with Gasteiger partial charge in [-0.05, 0) is 44.4 Å². The average Bonchev–Trinajstić information content (AvgIpc) is 2.05. The molecule has 0 radical (unpaired) electrons. The molecule has 2 unspecified atom stereocenters. The molecule has 1 nitrogen and oxygen atoms in total. The summed E-state index contributed by atoms with van der Waals surface area (Å²) in [5, 5.41) is 3.40. The van der Waals surface area contributed by atoms with Crippen LogP contribution in [0.5, 0.6) is 0 Å². The maximum Gasteiger partial charge on any atom is -0.00487 e. The third-order valence-electron chi connectivity index (χ3n) is 1.82.